The lowest BCUT2D eigenvalue weighted by molar-refractivity contribution is 0.471. The number of sulfonamides is 1. The SMILES string of the molecule is CN(CCc1ccccn1)S(=O)(=O)c1cnn(CCCl)c1. The van der Waals surface area contributed by atoms with Crippen molar-refractivity contribution in [2.75, 3.05) is 19.5 Å². The molecule has 0 unspecified atom stereocenters. The van der Waals surface area contributed by atoms with Gasteiger partial charge in [0.2, 0.25) is 10.0 Å². The van der Waals surface area contributed by atoms with E-state index in [2.05, 4.69) is 10.1 Å². The van der Waals surface area contributed by atoms with Crippen molar-refractivity contribution in [3.8, 4) is 0 Å². The van der Waals surface area contributed by atoms with Crippen LogP contribution in [0.4, 0.5) is 0 Å². The zero-order valence-electron chi connectivity index (χ0n) is 11.7. The number of pyridine rings is 1. The second-order valence-corrected chi connectivity index (χ2v) is 6.95. The number of nitrogens with zero attached hydrogens (tertiary/aromatic N) is 4. The molecule has 8 heteroatoms. The van der Waals surface area contributed by atoms with Gasteiger partial charge in [-0.1, -0.05) is 6.07 Å². The lowest BCUT2D eigenvalue weighted by atomic mass is 10.3. The fraction of sp³-hybridized carbons (Fsp3) is 0.385. The van der Waals surface area contributed by atoms with Gasteiger partial charge in [0.25, 0.3) is 0 Å². The third kappa shape index (κ3) is 4.03. The first-order valence-corrected chi connectivity index (χ1v) is 8.46. The molecule has 0 bridgehead atoms. The van der Waals surface area contributed by atoms with Crippen molar-refractivity contribution in [3.05, 3.63) is 42.5 Å². The molecule has 0 atom stereocenters. The smallest absolute Gasteiger partial charge is 0.245 e. The predicted molar refractivity (Wildman–Crippen MR) is 80.7 cm³/mol. The highest BCUT2D eigenvalue weighted by atomic mass is 35.5. The van der Waals surface area contributed by atoms with Gasteiger partial charge in [0, 0.05) is 44.0 Å². The number of aryl methyl sites for hydroxylation is 1. The van der Waals surface area contributed by atoms with Gasteiger partial charge in [-0.25, -0.2) is 12.7 Å². The minimum Gasteiger partial charge on any atom is -0.270 e. The lowest BCUT2D eigenvalue weighted by Gasteiger charge is -2.15. The maximum Gasteiger partial charge on any atom is 0.245 e. The van der Waals surface area contributed by atoms with E-state index in [0.717, 1.165) is 5.69 Å². The van der Waals surface area contributed by atoms with Crippen LogP contribution in [0.1, 0.15) is 5.69 Å². The largest absolute Gasteiger partial charge is 0.270 e. The molecule has 0 saturated carbocycles. The van der Waals surface area contributed by atoms with Gasteiger partial charge in [0.1, 0.15) is 4.90 Å². The summed E-state index contributed by atoms with van der Waals surface area (Å²) in [4.78, 5) is 4.36. The van der Waals surface area contributed by atoms with E-state index in [4.69, 9.17) is 11.6 Å². The number of alkyl halides is 1. The Hall–Kier alpha value is -1.44. The van der Waals surface area contributed by atoms with Crippen LogP contribution in [0.25, 0.3) is 0 Å². The highest BCUT2D eigenvalue weighted by Gasteiger charge is 2.22. The monoisotopic (exact) mass is 328 g/mol. The average Bonchev–Trinajstić information content (AvgIpc) is 2.95. The van der Waals surface area contributed by atoms with Crippen LogP contribution in [0, 0.1) is 0 Å². The Morgan fingerprint density at radius 3 is 2.86 bits per heavy atom. The standard InChI is InChI=1S/C13H17ClN4O2S/c1-17(8-5-12-4-2-3-7-15-12)21(19,20)13-10-16-18(11-13)9-6-14/h2-4,7,10-11H,5-6,8-9H2,1H3. The molecule has 0 radical (unpaired) electrons. The van der Waals surface area contributed by atoms with Crippen molar-refractivity contribution < 1.29 is 8.42 Å². The Bertz CT molecular complexity index is 672. The van der Waals surface area contributed by atoms with Crippen LogP contribution in [0.2, 0.25) is 0 Å². The Kier molecular flexibility index (Phi) is 5.33. The molecule has 0 N–H and O–H groups in total. The van der Waals surface area contributed by atoms with Crippen molar-refractivity contribution in [1.82, 2.24) is 19.1 Å². The quantitative estimate of drug-likeness (QED) is 0.720. The summed E-state index contributed by atoms with van der Waals surface area (Å²) < 4.78 is 27.6. The fourth-order valence-corrected chi connectivity index (χ4v) is 3.10. The van der Waals surface area contributed by atoms with Crippen LogP contribution in [0.3, 0.4) is 0 Å². The van der Waals surface area contributed by atoms with E-state index < -0.39 is 10.0 Å². The Balaban J connectivity index is 2.04. The van der Waals surface area contributed by atoms with E-state index in [9.17, 15) is 8.42 Å². The maximum atomic E-state index is 12.4. The summed E-state index contributed by atoms with van der Waals surface area (Å²) in [5.41, 5.74) is 0.859. The van der Waals surface area contributed by atoms with E-state index in [1.807, 2.05) is 18.2 Å². The van der Waals surface area contributed by atoms with Crippen LogP contribution in [-0.4, -0.2) is 47.0 Å². The molecule has 21 heavy (non-hydrogen) atoms. The van der Waals surface area contributed by atoms with E-state index in [-0.39, 0.29) is 4.90 Å². The molecule has 2 rings (SSSR count). The molecular weight excluding hydrogens is 312 g/mol. The normalized spacial score (nSPS) is 12.0. The average molecular weight is 329 g/mol. The number of hydrogen-bond donors (Lipinski definition) is 0. The molecule has 0 fully saturated rings. The topological polar surface area (TPSA) is 68.1 Å². The van der Waals surface area contributed by atoms with Gasteiger partial charge in [-0.3, -0.25) is 9.67 Å². The van der Waals surface area contributed by atoms with E-state index in [1.165, 1.54) is 21.4 Å². The van der Waals surface area contributed by atoms with Crippen LogP contribution in [0.15, 0.2) is 41.7 Å². The van der Waals surface area contributed by atoms with Gasteiger partial charge in [0.05, 0.1) is 12.7 Å². The third-order valence-corrected chi connectivity index (χ3v) is 5.02. The third-order valence-electron chi connectivity index (χ3n) is 3.04. The first-order valence-electron chi connectivity index (χ1n) is 6.48. The van der Waals surface area contributed by atoms with Crippen molar-refractivity contribution in [2.45, 2.75) is 17.9 Å². The maximum absolute atomic E-state index is 12.4. The Morgan fingerprint density at radius 1 is 1.38 bits per heavy atom. The van der Waals surface area contributed by atoms with Crippen molar-refractivity contribution in [3.63, 3.8) is 0 Å². The number of likely N-dealkylation sites (N-methyl/N-ethyl adjacent to an activating group) is 1. The Morgan fingerprint density at radius 2 is 2.19 bits per heavy atom. The van der Waals surface area contributed by atoms with E-state index in [0.29, 0.717) is 25.4 Å². The summed E-state index contributed by atoms with van der Waals surface area (Å²) in [5.74, 6) is 0.386. The number of halogens is 1. The molecule has 2 aromatic heterocycles. The van der Waals surface area contributed by atoms with Crippen molar-refractivity contribution >= 4 is 21.6 Å². The molecule has 0 amide bonds. The summed E-state index contributed by atoms with van der Waals surface area (Å²) in [7, 11) is -1.97. The predicted octanol–water partition coefficient (Wildman–Crippen LogP) is 1.38. The molecule has 0 aliphatic rings. The van der Waals surface area contributed by atoms with Crippen LogP contribution >= 0.6 is 11.6 Å². The second-order valence-electron chi connectivity index (χ2n) is 4.53. The summed E-state index contributed by atoms with van der Waals surface area (Å²) in [6, 6.07) is 5.58. The molecule has 0 spiro atoms. The molecule has 6 nitrogen and oxygen atoms in total. The molecule has 0 aliphatic heterocycles. The molecular formula is C13H17ClN4O2S. The molecule has 0 saturated heterocycles. The highest BCUT2D eigenvalue weighted by molar-refractivity contribution is 7.89. The molecule has 2 heterocycles. The Labute approximate surface area is 129 Å². The summed E-state index contributed by atoms with van der Waals surface area (Å²) in [6.07, 6.45) is 5.10. The minimum absolute atomic E-state index is 0.177. The number of hydrogen-bond acceptors (Lipinski definition) is 4. The van der Waals surface area contributed by atoms with Gasteiger partial charge in [-0.05, 0) is 12.1 Å². The zero-order chi connectivity index (χ0) is 15.3. The fourth-order valence-electron chi connectivity index (χ4n) is 1.80. The minimum atomic E-state index is -3.53. The number of aromatic nitrogens is 3. The van der Waals surface area contributed by atoms with Crippen LogP contribution in [-0.2, 0) is 23.0 Å². The van der Waals surface area contributed by atoms with Gasteiger partial charge >= 0.3 is 0 Å². The van der Waals surface area contributed by atoms with Crippen LogP contribution < -0.4 is 0 Å². The van der Waals surface area contributed by atoms with Gasteiger partial charge in [-0.15, -0.1) is 11.6 Å². The molecule has 114 valence electrons. The lowest BCUT2D eigenvalue weighted by Crippen LogP contribution is -2.29. The van der Waals surface area contributed by atoms with E-state index >= 15 is 0 Å². The van der Waals surface area contributed by atoms with Gasteiger partial charge in [0.15, 0.2) is 0 Å². The summed E-state index contributed by atoms with van der Waals surface area (Å²) >= 11 is 5.61. The summed E-state index contributed by atoms with van der Waals surface area (Å²) in [5, 5.41) is 3.99. The van der Waals surface area contributed by atoms with Crippen LogP contribution in [0.5, 0.6) is 0 Å². The molecule has 0 aromatic carbocycles. The first kappa shape index (κ1) is 15.9. The van der Waals surface area contributed by atoms with Gasteiger partial charge < -0.3 is 0 Å². The highest BCUT2D eigenvalue weighted by Crippen LogP contribution is 2.13. The van der Waals surface area contributed by atoms with Crippen molar-refractivity contribution in [1.29, 1.82) is 0 Å². The van der Waals surface area contributed by atoms with E-state index in [1.54, 1.807) is 13.2 Å². The molecule has 0 aliphatic carbocycles. The first-order chi connectivity index (χ1) is 10.0. The summed E-state index contributed by atoms with van der Waals surface area (Å²) in [6.45, 7) is 0.842. The zero-order valence-corrected chi connectivity index (χ0v) is 13.3. The number of rotatable bonds is 7. The van der Waals surface area contributed by atoms with Crippen molar-refractivity contribution in [2.24, 2.45) is 0 Å². The second kappa shape index (κ2) is 7.02. The van der Waals surface area contributed by atoms with Gasteiger partial charge in [-0.2, -0.15) is 5.10 Å². The molecule has 2 aromatic rings.